The Hall–Kier alpha value is -3.43. The Balaban J connectivity index is 1.26. The van der Waals surface area contributed by atoms with E-state index in [0.29, 0.717) is 40.8 Å². The van der Waals surface area contributed by atoms with E-state index >= 15 is 0 Å². The van der Waals surface area contributed by atoms with E-state index in [-0.39, 0.29) is 11.9 Å². The van der Waals surface area contributed by atoms with Crippen LogP contribution in [-0.4, -0.2) is 34.9 Å². The Kier molecular flexibility index (Phi) is 5.05. The zero-order valence-corrected chi connectivity index (χ0v) is 17.2. The van der Waals surface area contributed by atoms with Crippen molar-refractivity contribution in [2.75, 3.05) is 13.1 Å². The molecule has 1 aliphatic heterocycles. The van der Waals surface area contributed by atoms with E-state index in [1.54, 1.807) is 18.3 Å². The molecule has 2 heterocycles. The van der Waals surface area contributed by atoms with Gasteiger partial charge in [0.2, 0.25) is 0 Å². The summed E-state index contributed by atoms with van der Waals surface area (Å²) in [6, 6.07) is 17.3. The summed E-state index contributed by atoms with van der Waals surface area (Å²) in [6.45, 7) is 1.96. The summed E-state index contributed by atoms with van der Waals surface area (Å²) >= 11 is 0. The quantitative estimate of drug-likeness (QED) is 0.708. The SMILES string of the molecule is N#Cc1ccc(OCc2ccc(C(=O)N3CC4CCC(N)C4C3)cc2)c2cccnc12. The normalized spacial score (nSPS) is 22.3. The monoisotopic (exact) mass is 412 g/mol. The highest BCUT2D eigenvalue weighted by atomic mass is 16.5. The fourth-order valence-electron chi connectivity index (χ4n) is 4.92. The van der Waals surface area contributed by atoms with Crippen LogP contribution in [-0.2, 0) is 6.61 Å². The largest absolute Gasteiger partial charge is 0.488 e. The highest BCUT2D eigenvalue weighted by molar-refractivity contribution is 5.94. The van der Waals surface area contributed by atoms with Gasteiger partial charge in [0.25, 0.3) is 5.91 Å². The standard InChI is InChI=1S/C25H24N4O2/c26-12-18-8-10-23(20-2-1-11-28-24(18)20)31-15-16-3-5-17(6-4-16)25(30)29-13-19-7-9-22(27)21(19)14-29/h1-6,8,10-11,19,21-22H,7,9,13-15,27H2. The average molecular weight is 412 g/mol. The van der Waals surface area contributed by atoms with Gasteiger partial charge < -0.3 is 15.4 Å². The maximum atomic E-state index is 12.9. The number of pyridine rings is 1. The lowest BCUT2D eigenvalue weighted by molar-refractivity contribution is 0.0779. The first kappa shape index (κ1) is 19.5. The molecule has 2 aliphatic rings. The Labute approximate surface area is 181 Å². The number of benzene rings is 2. The summed E-state index contributed by atoms with van der Waals surface area (Å²) in [5.41, 5.74) is 9.03. The second-order valence-electron chi connectivity index (χ2n) is 8.48. The highest BCUT2D eigenvalue weighted by Gasteiger charge is 2.42. The van der Waals surface area contributed by atoms with Gasteiger partial charge in [-0.05, 0) is 66.6 Å². The van der Waals surface area contributed by atoms with E-state index in [4.69, 9.17) is 10.5 Å². The van der Waals surface area contributed by atoms with Gasteiger partial charge in [-0.3, -0.25) is 9.78 Å². The molecule has 5 rings (SSSR count). The number of hydrogen-bond acceptors (Lipinski definition) is 5. The second-order valence-corrected chi connectivity index (χ2v) is 8.48. The van der Waals surface area contributed by atoms with Crippen LogP contribution in [0.2, 0.25) is 0 Å². The molecule has 3 aromatic rings. The van der Waals surface area contributed by atoms with Gasteiger partial charge >= 0.3 is 0 Å². The third-order valence-electron chi connectivity index (χ3n) is 6.64. The molecule has 6 heteroatoms. The van der Waals surface area contributed by atoms with Gasteiger partial charge in [-0.15, -0.1) is 0 Å². The Bertz CT molecular complexity index is 1170. The number of rotatable bonds is 4. The molecule has 2 aromatic carbocycles. The van der Waals surface area contributed by atoms with Gasteiger partial charge in [-0.2, -0.15) is 5.26 Å². The van der Waals surface area contributed by atoms with Crippen molar-refractivity contribution in [1.29, 1.82) is 5.26 Å². The lowest BCUT2D eigenvalue weighted by atomic mass is 9.98. The van der Waals surface area contributed by atoms with Crippen LogP contribution in [0.25, 0.3) is 10.9 Å². The smallest absolute Gasteiger partial charge is 0.253 e. The molecule has 0 spiro atoms. The van der Waals surface area contributed by atoms with E-state index in [2.05, 4.69) is 11.1 Å². The van der Waals surface area contributed by atoms with Crippen molar-refractivity contribution < 1.29 is 9.53 Å². The number of aromatic nitrogens is 1. The minimum absolute atomic E-state index is 0.0817. The van der Waals surface area contributed by atoms with Crippen molar-refractivity contribution in [3.8, 4) is 11.8 Å². The van der Waals surface area contributed by atoms with Gasteiger partial charge in [-0.25, -0.2) is 0 Å². The minimum Gasteiger partial charge on any atom is -0.488 e. The van der Waals surface area contributed by atoms with Gasteiger partial charge in [0.05, 0.1) is 11.1 Å². The number of ether oxygens (including phenoxy) is 1. The van der Waals surface area contributed by atoms with Crippen molar-refractivity contribution in [1.82, 2.24) is 9.88 Å². The zero-order chi connectivity index (χ0) is 21.4. The predicted molar refractivity (Wildman–Crippen MR) is 117 cm³/mol. The second kappa shape index (κ2) is 8.01. The van der Waals surface area contributed by atoms with Crippen LogP contribution < -0.4 is 10.5 Å². The van der Waals surface area contributed by atoms with Crippen LogP contribution in [0.1, 0.15) is 34.3 Å². The zero-order valence-electron chi connectivity index (χ0n) is 17.2. The summed E-state index contributed by atoms with van der Waals surface area (Å²) in [5.74, 6) is 1.78. The molecular weight excluding hydrogens is 388 g/mol. The van der Waals surface area contributed by atoms with Gasteiger partial charge in [0.15, 0.2) is 0 Å². The lowest BCUT2D eigenvalue weighted by Crippen LogP contribution is -2.33. The van der Waals surface area contributed by atoms with Gasteiger partial charge in [0.1, 0.15) is 18.4 Å². The van der Waals surface area contributed by atoms with Crippen molar-refractivity contribution in [2.24, 2.45) is 17.6 Å². The summed E-state index contributed by atoms with van der Waals surface area (Å²) < 4.78 is 6.01. The topological polar surface area (TPSA) is 92.2 Å². The molecule has 3 atom stereocenters. The molecule has 31 heavy (non-hydrogen) atoms. The lowest BCUT2D eigenvalue weighted by Gasteiger charge is -2.19. The Morgan fingerprint density at radius 3 is 2.77 bits per heavy atom. The number of hydrogen-bond donors (Lipinski definition) is 1. The summed E-state index contributed by atoms with van der Waals surface area (Å²) in [6.07, 6.45) is 3.88. The first-order chi connectivity index (χ1) is 15.1. The molecule has 6 nitrogen and oxygen atoms in total. The van der Waals surface area contributed by atoms with Gasteiger partial charge in [0, 0.05) is 36.3 Å². The van der Waals surface area contributed by atoms with Crippen LogP contribution in [0.5, 0.6) is 5.75 Å². The average Bonchev–Trinajstić information content (AvgIpc) is 3.39. The molecule has 3 unspecified atom stereocenters. The van der Waals surface area contributed by atoms with E-state index < -0.39 is 0 Å². The maximum absolute atomic E-state index is 12.9. The predicted octanol–water partition coefficient (Wildman–Crippen LogP) is 3.49. The number of carbonyl (C=O) groups excluding carboxylic acids is 1. The van der Waals surface area contributed by atoms with E-state index in [0.717, 1.165) is 36.9 Å². The van der Waals surface area contributed by atoms with Gasteiger partial charge in [-0.1, -0.05) is 12.1 Å². The van der Waals surface area contributed by atoms with Crippen LogP contribution in [0.3, 0.4) is 0 Å². The van der Waals surface area contributed by atoms with Crippen LogP contribution in [0.4, 0.5) is 0 Å². The number of nitrogens with two attached hydrogens (primary N) is 1. The molecule has 0 bridgehead atoms. The highest BCUT2D eigenvalue weighted by Crippen LogP contribution is 2.37. The number of likely N-dealkylation sites (tertiary alicyclic amines) is 1. The molecule has 156 valence electrons. The molecule has 1 saturated carbocycles. The maximum Gasteiger partial charge on any atom is 0.253 e. The number of carbonyl (C=O) groups is 1. The van der Waals surface area contributed by atoms with Crippen LogP contribution in [0, 0.1) is 23.2 Å². The molecule has 2 N–H and O–H groups in total. The van der Waals surface area contributed by atoms with Crippen molar-refractivity contribution >= 4 is 16.8 Å². The van der Waals surface area contributed by atoms with Crippen LogP contribution >= 0.6 is 0 Å². The summed E-state index contributed by atoms with van der Waals surface area (Å²) in [7, 11) is 0. The molecule has 2 fully saturated rings. The molecule has 0 radical (unpaired) electrons. The number of fused-ring (bicyclic) bond motifs is 2. The number of nitriles is 1. The third kappa shape index (κ3) is 3.62. The summed E-state index contributed by atoms with van der Waals surface area (Å²) in [5, 5.41) is 10.1. The molecular formula is C25H24N4O2. The van der Waals surface area contributed by atoms with Crippen molar-refractivity contribution in [2.45, 2.75) is 25.5 Å². The van der Waals surface area contributed by atoms with E-state index in [1.165, 1.54) is 0 Å². The third-order valence-corrected chi connectivity index (χ3v) is 6.64. The number of amides is 1. The Morgan fingerprint density at radius 2 is 2.00 bits per heavy atom. The van der Waals surface area contributed by atoms with Crippen molar-refractivity contribution in [3.63, 3.8) is 0 Å². The van der Waals surface area contributed by atoms with Crippen LogP contribution in [0.15, 0.2) is 54.7 Å². The van der Waals surface area contributed by atoms with E-state index in [1.807, 2.05) is 41.3 Å². The molecule has 1 saturated heterocycles. The Morgan fingerprint density at radius 1 is 1.16 bits per heavy atom. The fraction of sp³-hybridized carbons (Fsp3) is 0.320. The first-order valence-corrected chi connectivity index (χ1v) is 10.7. The number of nitrogens with zero attached hydrogens (tertiary/aromatic N) is 3. The molecule has 1 aromatic heterocycles. The van der Waals surface area contributed by atoms with E-state index in [9.17, 15) is 10.1 Å². The fourth-order valence-corrected chi connectivity index (χ4v) is 4.92. The minimum atomic E-state index is 0.0817. The first-order valence-electron chi connectivity index (χ1n) is 10.7. The molecule has 1 aliphatic carbocycles. The molecule has 1 amide bonds. The summed E-state index contributed by atoms with van der Waals surface area (Å²) in [4.78, 5) is 19.2. The van der Waals surface area contributed by atoms with Crippen molar-refractivity contribution in [3.05, 3.63) is 71.4 Å².